The summed E-state index contributed by atoms with van der Waals surface area (Å²) in [4.78, 5) is 16.6. The monoisotopic (exact) mass is 302 g/mol. The van der Waals surface area contributed by atoms with Crippen molar-refractivity contribution in [2.45, 2.75) is 6.92 Å². The Labute approximate surface area is 132 Å². The Balaban J connectivity index is 1.81. The van der Waals surface area contributed by atoms with Crippen LogP contribution < -0.4 is 5.63 Å². The third-order valence-corrected chi connectivity index (χ3v) is 3.83. The number of hydrogen-bond acceptors (Lipinski definition) is 3. The van der Waals surface area contributed by atoms with Crippen molar-refractivity contribution >= 4 is 11.0 Å². The lowest BCUT2D eigenvalue weighted by Crippen LogP contribution is -2.02. The van der Waals surface area contributed by atoms with Crippen LogP contribution in [0.2, 0.25) is 0 Å². The minimum absolute atomic E-state index is 0.377. The van der Waals surface area contributed by atoms with Crippen LogP contribution in [0.1, 0.15) is 5.56 Å². The minimum Gasteiger partial charge on any atom is -0.422 e. The molecule has 0 atom stereocenters. The van der Waals surface area contributed by atoms with Crippen molar-refractivity contribution in [3.8, 4) is 16.9 Å². The molecule has 23 heavy (non-hydrogen) atoms. The van der Waals surface area contributed by atoms with Crippen molar-refractivity contribution in [2.24, 2.45) is 0 Å². The number of fused-ring (bicyclic) bond motifs is 1. The van der Waals surface area contributed by atoms with E-state index < -0.39 is 0 Å². The highest BCUT2D eigenvalue weighted by molar-refractivity contribution is 5.80. The molecular weight excluding hydrogens is 288 g/mol. The minimum atomic E-state index is -0.377. The van der Waals surface area contributed by atoms with Gasteiger partial charge in [0.1, 0.15) is 5.58 Å². The Bertz CT molecular complexity index is 1040. The molecule has 4 heteroatoms. The van der Waals surface area contributed by atoms with E-state index in [1.165, 1.54) is 5.56 Å². The van der Waals surface area contributed by atoms with Crippen molar-refractivity contribution in [1.29, 1.82) is 0 Å². The number of aromatic nitrogens is 2. The second-order valence-electron chi connectivity index (χ2n) is 5.49. The van der Waals surface area contributed by atoms with Crippen LogP contribution in [-0.4, -0.2) is 9.55 Å². The van der Waals surface area contributed by atoms with Gasteiger partial charge < -0.3 is 8.98 Å². The van der Waals surface area contributed by atoms with E-state index in [2.05, 4.69) is 4.98 Å². The van der Waals surface area contributed by atoms with Gasteiger partial charge in [-0.15, -0.1) is 0 Å². The highest BCUT2D eigenvalue weighted by Gasteiger charge is 2.11. The Morgan fingerprint density at radius 2 is 1.83 bits per heavy atom. The molecule has 2 aromatic carbocycles. The third kappa shape index (κ3) is 2.44. The molecule has 0 saturated heterocycles. The predicted octanol–water partition coefficient (Wildman–Crippen LogP) is 3.95. The maximum Gasteiger partial charge on any atom is 0.345 e. The molecule has 2 aromatic heterocycles. The molecular formula is C19H14N2O2. The van der Waals surface area contributed by atoms with E-state index in [-0.39, 0.29) is 5.63 Å². The maximum atomic E-state index is 12.2. The van der Waals surface area contributed by atoms with E-state index >= 15 is 0 Å². The summed E-state index contributed by atoms with van der Waals surface area (Å²) in [5.41, 5.74) is 3.47. The average molecular weight is 302 g/mol. The summed E-state index contributed by atoms with van der Waals surface area (Å²) in [5.74, 6) is 0. The van der Waals surface area contributed by atoms with Gasteiger partial charge in [0.2, 0.25) is 0 Å². The fourth-order valence-electron chi connectivity index (χ4n) is 2.56. The summed E-state index contributed by atoms with van der Waals surface area (Å²) < 4.78 is 7.27. The number of hydrogen-bond donors (Lipinski definition) is 0. The van der Waals surface area contributed by atoms with Crippen molar-refractivity contribution in [3.05, 3.63) is 83.1 Å². The van der Waals surface area contributed by atoms with Crippen molar-refractivity contribution < 1.29 is 4.42 Å². The quantitative estimate of drug-likeness (QED) is 0.527. The summed E-state index contributed by atoms with van der Waals surface area (Å²) in [5, 5.41) is 0.881. The fraction of sp³-hybridized carbons (Fsp3) is 0.0526. The zero-order valence-electron chi connectivity index (χ0n) is 12.6. The number of para-hydroxylation sites is 1. The number of benzene rings is 2. The van der Waals surface area contributed by atoms with Crippen LogP contribution in [0.15, 0.2) is 76.3 Å². The van der Waals surface area contributed by atoms with Crippen LogP contribution in [0.5, 0.6) is 0 Å². The molecule has 0 aliphatic heterocycles. The summed E-state index contributed by atoms with van der Waals surface area (Å²) in [6, 6.07) is 17.4. The first-order chi connectivity index (χ1) is 11.2. The van der Waals surface area contributed by atoms with E-state index in [1.54, 1.807) is 12.4 Å². The molecule has 4 nitrogen and oxygen atoms in total. The van der Waals surface area contributed by atoms with Crippen molar-refractivity contribution in [1.82, 2.24) is 9.55 Å². The standard InChI is InChI=1S/C19H14N2O2/c1-13-6-8-15(9-7-13)21-11-17(20-12-21)16-10-14-4-2-3-5-18(14)23-19(16)22/h2-12H,1H3. The van der Waals surface area contributed by atoms with Gasteiger partial charge in [-0.05, 0) is 31.2 Å². The van der Waals surface area contributed by atoms with Crippen LogP contribution >= 0.6 is 0 Å². The van der Waals surface area contributed by atoms with Crippen LogP contribution in [0.4, 0.5) is 0 Å². The van der Waals surface area contributed by atoms with Crippen LogP contribution in [0, 0.1) is 6.92 Å². The molecule has 112 valence electrons. The topological polar surface area (TPSA) is 48.0 Å². The first-order valence-electron chi connectivity index (χ1n) is 7.35. The van der Waals surface area contributed by atoms with E-state index in [4.69, 9.17) is 4.42 Å². The van der Waals surface area contributed by atoms with Crippen molar-refractivity contribution in [3.63, 3.8) is 0 Å². The van der Waals surface area contributed by atoms with Gasteiger partial charge >= 0.3 is 5.63 Å². The van der Waals surface area contributed by atoms with E-state index in [0.717, 1.165) is 11.1 Å². The Morgan fingerprint density at radius 3 is 2.65 bits per heavy atom. The van der Waals surface area contributed by atoms with Gasteiger partial charge in [0.15, 0.2) is 0 Å². The van der Waals surface area contributed by atoms with Crippen molar-refractivity contribution in [2.75, 3.05) is 0 Å². The smallest absolute Gasteiger partial charge is 0.345 e. The number of imidazole rings is 1. The van der Waals surface area contributed by atoms with Gasteiger partial charge in [-0.3, -0.25) is 0 Å². The highest BCUT2D eigenvalue weighted by atomic mass is 16.4. The van der Waals surface area contributed by atoms with E-state index in [0.29, 0.717) is 16.8 Å². The summed E-state index contributed by atoms with van der Waals surface area (Å²) >= 11 is 0. The van der Waals surface area contributed by atoms with Crippen LogP contribution in [0.25, 0.3) is 27.9 Å². The molecule has 0 aliphatic carbocycles. The zero-order chi connectivity index (χ0) is 15.8. The van der Waals surface area contributed by atoms with Crippen LogP contribution in [-0.2, 0) is 0 Å². The highest BCUT2D eigenvalue weighted by Crippen LogP contribution is 2.20. The Kier molecular flexibility index (Phi) is 3.08. The molecule has 0 radical (unpaired) electrons. The van der Waals surface area contributed by atoms with Gasteiger partial charge in [-0.25, -0.2) is 9.78 Å². The molecule has 2 heterocycles. The summed E-state index contributed by atoms with van der Waals surface area (Å²) in [7, 11) is 0. The number of aryl methyl sites for hydroxylation is 1. The first kappa shape index (κ1) is 13.5. The van der Waals surface area contributed by atoms with Gasteiger partial charge in [0.25, 0.3) is 0 Å². The van der Waals surface area contributed by atoms with E-state index in [9.17, 15) is 4.79 Å². The van der Waals surface area contributed by atoms with Gasteiger partial charge in [-0.1, -0.05) is 35.9 Å². The Morgan fingerprint density at radius 1 is 1.04 bits per heavy atom. The maximum absolute atomic E-state index is 12.2. The number of nitrogens with zero attached hydrogens (tertiary/aromatic N) is 2. The summed E-state index contributed by atoms with van der Waals surface area (Å²) in [6.07, 6.45) is 3.54. The normalized spacial score (nSPS) is 11.0. The lowest BCUT2D eigenvalue weighted by atomic mass is 10.1. The SMILES string of the molecule is Cc1ccc(-n2cnc(-c3cc4ccccc4oc3=O)c2)cc1. The largest absolute Gasteiger partial charge is 0.422 e. The second kappa shape index (κ2) is 5.25. The zero-order valence-corrected chi connectivity index (χ0v) is 12.6. The van der Waals surface area contributed by atoms with Gasteiger partial charge in [0.05, 0.1) is 17.6 Å². The molecule has 0 amide bonds. The molecule has 0 aliphatic rings. The van der Waals surface area contributed by atoms with Gasteiger partial charge in [0, 0.05) is 17.3 Å². The molecule has 0 unspecified atom stereocenters. The Hall–Kier alpha value is -3.14. The molecule has 4 aromatic rings. The molecule has 0 spiro atoms. The molecule has 0 saturated carbocycles. The second-order valence-corrected chi connectivity index (χ2v) is 5.49. The molecule has 4 rings (SSSR count). The summed E-state index contributed by atoms with van der Waals surface area (Å²) in [6.45, 7) is 2.05. The van der Waals surface area contributed by atoms with Crippen LogP contribution in [0.3, 0.4) is 0 Å². The molecule has 0 fully saturated rings. The van der Waals surface area contributed by atoms with Gasteiger partial charge in [-0.2, -0.15) is 0 Å². The fourth-order valence-corrected chi connectivity index (χ4v) is 2.56. The first-order valence-corrected chi connectivity index (χ1v) is 7.35. The number of rotatable bonds is 2. The lowest BCUT2D eigenvalue weighted by molar-refractivity contribution is 0.563. The molecule has 0 N–H and O–H groups in total. The third-order valence-electron chi connectivity index (χ3n) is 3.83. The average Bonchev–Trinajstić information content (AvgIpc) is 3.04. The molecule has 0 bridgehead atoms. The predicted molar refractivity (Wildman–Crippen MR) is 89.8 cm³/mol. The van der Waals surface area contributed by atoms with E-state index in [1.807, 2.05) is 66.2 Å². The lowest BCUT2D eigenvalue weighted by Gasteiger charge is -2.02.